The molecule has 106 valence electrons. The highest BCUT2D eigenvalue weighted by molar-refractivity contribution is 14.0. The molecule has 6 heteroatoms. The number of halogens is 1. The van der Waals surface area contributed by atoms with Crippen LogP contribution in [0.1, 0.15) is 20.8 Å². The molecule has 0 atom stereocenters. The van der Waals surface area contributed by atoms with Gasteiger partial charge in [0.1, 0.15) is 0 Å². The predicted octanol–water partition coefficient (Wildman–Crippen LogP) is 1.12. The Morgan fingerprint density at radius 1 is 1.33 bits per heavy atom. The Morgan fingerprint density at radius 3 is 2.39 bits per heavy atom. The van der Waals surface area contributed by atoms with E-state index >= 15 is 0 Å². The average Bonchev–Trinajstić information content (AvgIpc) is 2.29. The minimum absolute atomic E-state index is 0. The molecule has 3 N–H and O–H groups in total. The number of amides is 1. The van der Waals surface area contributed by atoms with Crippen molar-refractivity contribution >= 4 is 35.8 Å². The average molecular weight is 368 g/mol. The summed E-state index contributed by atoms with van der Waals surface area (Å²) >= 11 is 0. The zero-order chi connectivity index (χ0) is 13.3. The topological polar surface area (TPSA) is 65.5 Å². The molecule has 0 aliphatic heterocycles. The van der Waals surface area contributed by atoms with E-state index < -0.39 is 5.41 Å². The Hall–Kier alpha value is -0.790. The van der Waals surface area contributed by atoms with Gasteiger partial charge in [-0.15, -0.1) is 30.6 Å². The lowest BCUT2D eigenvalue weighted by atomic mass is 9.92. The molecule has 18 heavy (non-hydrogen) atoms. The molecule has 0 saturated carbocycles. The third-order valence-corrected chi connectivity index (χ3v) is 2.29. The molecule has 1 amide bonds. The van der Waals surface area contributed by atoms with Crippen LogP contribution in [-0.4, -0.2) is 38.5 Å². The zero-order valence-electron chi connectivity index (χ0n) is 11.7. The van der Waals surface area contributed by atoms with Crippen molar-refractivity contribution in [1.82, 2.24) is 16.0 Å². The normalized spacial score (nSPS) is 11.2. The van der Waals surface area contributed by atoms with Crippen LogP contribution in [0.25, 0.3) is 0 Å². The molecule has 0 unspecified atom stereocenters. The molecule has 0 aliphatic carbocycles. The van der Waals surface area contributed by atoms with Gasteiger partial charge in [-0.3, -0.25) is 9.79 Å². The summed E-state index contributed by atoms with van der Waals surface area (Å²) in [6.07, 6.45) is 1.75. The van der Waals surface area contributed by atoms with Crippen molar-refractivity contribution in [2.45, 2.75) is 20.8 Å². The second-order valence-corrected chi connectivity index (χ2v) is 4.34. The molecule has 0 spiro atoms. The molecule has 0 aromatic rings. The Bertz CT molecular complexity index is 290. The van der Waals surface area contributed by atoms with Crippen LogP contribution in [0.3, 0.4) is 0 Å². The molecular weight excluding hydrogens is 343 g/mol. The van der Waals surface area contributed by atoms with Crippen molar-refractivity contribution in [3.8, 4) is 0 Å². The second-order valence-electron chi connectivity index (χ2n) is 4.34. The fourth-order valence-corrected chi connectivity index (χ4v) is 1.17. The minimum Gasteiger partial charge on any atom is -0.356 e. The zero-order valence-corrected chi connectivity index (χ0v) is 14.0. The summed E-state index contributed by atoms with van der Waals surface area (Å²) in [6.45, 7) is 11.1. The standard InChI is InChI=1S/C12H24N4O.HI/c1-6-8-15-11(13-5)16-9-12(3,4)10(17)14-7-2;/h6H,1,7-9H2,2-5H3,(H,14,17)(H2,13,15,16);1H. The lowest BCUT2D eigenvalue weighted by Gasteiger charge is -2.24. The highest BCUT2D eigenvalue weighted by atomic mass is 127. The van der Waals surface area contributed by atoms with Gasteiger partial charge in [0.05, 0.1) is 5.41 Å². The fraction of sp³-hybridized carbons (Fsp3) is 0.667. The first-order valence-corrected chi connectivity index (χ1v) is 5.81. The molecule has 0 bridgehead atoms. The lowest BCUT2D eigenvalue weighted by Crippen LogP contribution is -2.47. The molecular formula is C12H25IN4O. The second kappa shape index (κ2) is 10.2. The van der Waals surface area contributed by atoms with E-state index in [9.17, 15) is 4.79 Å². The van der Waals surface area contributed by atoms with E-state index in [1.165, 1.54) is 0 Å². The largest absolute Gasteiger partial charge is 0.356 e. The van der Waals surface area contributed by atoms with E-state index in [2.05, 4.69) is 27.5 Å². The highest BCUT2D eigenvalue weighted by Crippen LogP contribution is 2.13. The van der Waals surface area contributed by atoms with Crippen LogP contribution in [0, 0.1) is 5.41 Å². The third kappa shape index (κ3) is 7.52. The van der Waals surface area contributed by atoms with Gasteiger partial charge in [-0.1, -0.05) is 6.08 Å². The lowest BCUT2D eigenvalue weighted by molar-refractivity contribution is -0.128. The smallest absolute Gasteiger partial charge is 0.227 e. The number of guanidine groups is 1. The number of hydrogen-bond acceptors (Lipinski definition) is 2. The maximum atomic E-state index is 11.8. The first kappa shape index (κ1) is 19.5. The molecule has 0 heterocycles. The first-order valence-electron chi connectivity index (χ1n) is 5.81. The van der Waals surface area contributed by atoms with E-state index in [0.29, 0.717) is 25.6 Å². The van der Waals surface area contributed by atoms with Crippen molar-refractivity contribution in [2.24, 2.45) is 10.4 Å². The predicted molar refractivity (Wildman–Crippen MR) is 87.4 cm³/mol. The van der Waals surface area contributed by atoms with Crippen LogP contribution < -0.4 is 16.0 Å². The van der Waals surface area contributed by atoms with Crippen LogP contribution in [0.2, 0.25) is 0 Å². The molecule has 0 rings (SSSR count). The molecule has 0 aromatic heterocycles. The summed E-state index contributed by atoms with van der Waals surface area (Å²) in [4.78, 5) is 15.8. The van der Waals surface area contributed by atoms with Crippen LogP contribution in [0.5, 0.6) is 0 Å². The monoisotopic (exact) mass is 368 g/mol. The van der Waals surface area contributed by atoms with Gasteiger partial charge >= 0.3 is 0 Å². The van der Waals surface area contributed by atoms with Crippen LogP contribution in [-0.2, 0) is 4.79 Å². The number of rotatable bonds is 6. The third-order valence-electron chi connectivity index (χ3n) is 2.29. The minimum atomic E-state index is -0.470. The van der Waals surface area contributed by atoms with Crippen molar-refractivity contribution in [2.75, 3.05) is 26.7 Å². The van der Waals surface area contributed by atoms with Gasteiger partial charge in [0.25, 0.3) is 0 Å². The Morgan fingerprint density at radius 2 is 1.94 bits per heavy atom. The number of nitrogens with one attached hydrogen (secondary N) is 3. The Labute approximate surface area is 127 Å². The van der Waals surface area contributed by atoms with Gasteiger partial charge in [0.15, 0.2) is 5.96 Å². The van der Waals surface area contributed by atoms with Gasteiger partial charge < -0.3 is 16.0 Å². The summed E-state index contributed by atoms with van der Waals surface area (Å²) in [6, 6.07) is 0. The fourth-order valence-electron chi connectivity index (χ4n) is 1.17. The van der Waals surface area contributed by atoms with Crippen LogP contribution in [0.15, 0.2) is 17.6 Å². The molecule has 0 fully saturated rings. The van der Waals surface area contributed by atoms with Gasteiger partial charge in [0.2, 0.25) is 5.91 Å². The summed E-state index contributed by atoms with van der Waals surface area (Å²) < 4.78 is 0. The van der Waals surface area contributed by atoms with Crippen molar-refractivity contribution in [3.05, 3.63) is 12.7 Å². The molecule has 0 saturated heterocycles. The van der Waals surface area contributed by atoms with Crippen molar-refractivity contribution in [1.29, 1.82) is 0 Å². The van der Waals surface area contributed by atoms with Gasteiger partial charge in [-0.2, -0.15) is 0 Å². The van der Waals surface area contributed by atoms with Crippen LogP contribution in [0.4, 0.5) is 0 Å². The van der Waals surface area contributed by atoms with Gasteiger partial charge in [-0.05, 0) is 20.8 Å². The summed E-state index contributed by atoms with van der Waals surface area (Å²) in [5, 5.41) is 8.98. The van der Waals surface area contributed by atoms with E-state index in [4.69, 9.17) is 0 Å². The van der Waals surface area contributed by atoms with Crippen molar-refractivity contribution in [3.63, 3.8) is 0 Å². The van der Waals surface area contributed by atoms with E-state index in [1.807, 2.05) is 20.8 Å². The maximum absolute atomic E-state index is 11.8. The summed E-state index contributed by atoms with van der Waals surface area (Å²) in [5.74, 6) is 0.703. The number of carbonyl (C=O) groups excluding carboxylic acids is 1. The van der Waals surface area contributed by atoms with Crippen molar-refractivity contribution < 1.29 is 4.79 Å². The van der Waals surface area contributed by atoms with Gasteiger partial charge in [-0.25, -0.2) is 0 Å². The van der Waals surface area contributed by atoms with E-state index in [-0.39, 0.29) is 29.9 Å². The number of aliphatic imine (C=N–C) groups is 1. The summed E-state index contributed by atoms with van der Waals surface area (Å²) in [7, 11) is 1.69. The summed E-state index contributed by atoms with van der Waals surface area (Å²) in [5.41, 5.74) is -0.470. The number of hydrogen-bond donors (Lipinski definition) is 3. The molecule has 0 radical (unpaired) electrons. The number of nitrogens with zero attached hydrogens (tertiary/aromatic N) is 1. The first-order chi connectivity index (χ1) is 7.97. The molecule has 0 aliphatic rings. The SMILES string of the molecule is C=CCNC(=NC)NCC(C)(C)C(=O)NCC.I. The Kier molecular flexibility index (Phi) is 11.0. The Balaban J connectivity index is 0. The highest BCUT2D eigenvalue weighted by Gasteiger charge is 2.27. The quantitative estimate of drug-likeness (QED) is 0.285. The number of carbonyl (C=O) groups is 1. The van der Waals surface area contributed by atoms with E-state index in [1.54, 1.807) is 13.1 Å². The van der Waals surface area contributed by atoms with Crippen LogP contribution >= 0.6 is 24.0 Å². The maximum Gasteiger partial charge on any atom is 0.227 e. The molecule has 5 nitrogen and oxygen atoms in total. The van der Waals surface area contributed by atoms with Gasteiger partial charge in [0, 0.05) is 26.7 Å². The molecule has 0 aromatic carbocycles. The van der Waals surface area contributed by atoms with E-state index in [0.717, 1.165) is 0 Å².